The second-order valence-corrected chi connectivity index (χ2v) is 4.92. The van der Waals surface area contributed by atoms with Crippen LogP contribution in [0.15, 0.2) is 24.3 Å². The molecular weight excluding hydrogens is 236 g/mol. The van der Waals surface area contributed by atoms with E-state index in [1.807, 2.05) is 18.2 Å². The fourth-order valence-electron chi connectivity index (χ4n) is 2.66. The summed E-state index contributed by atoms with van der Waals surface area (Å²) in [6, 6.07) is 8.08. The van der Waals surface area contributed by atoms with Gasteiger partial charge < -0.3 is 4.57 Å². The number of para-hydroxylation sites is 2. The van der Waals surface area contributed by atoms with Crippen molar-refractivity contribution in [2.45, 2.75) is 46.6 Å². The molecule has 0 radical (unpaired) electrons. The van der Waals surface area contributed by atoms with E-state index in [4.69, 9.17) is 0 Å². The van der Waals surface area contributed by atoms with Gasteiger partial charge in [0.1, 0.15) is 11.6 Å². The molecule has 0 saturated heterocycles. The SMILES string of the molecule is CCC(CC)C(=O)Cc1nc2ccccc2n1CC. The van der Waals surface area contributed by atoms with Gasteiger partial charge in [0, 0.05) is 12.5 Å². The number of rotatable bonds is 6. The summed E-state index contributed by atoms with van der Waals surface area (Å²) in [4.78, 5) is 16.9. The molecule has 2 rings (SSSR count). The van der Waals surface area contributed by atoms with Crippen molar-refractivity contribution < 1.29 is 4.79 Å². The standard InChI is InChI=1S/C16H22N2O/c1-4-12(5-2)15(19)11-16-17-13-9-7-8-10-14(13)18(16)6-3/h7-10,12H,4-6,11H2,1-3H3. The van der Waals surface area contributed by atoms with E-state index in [1.54, 1.807) is 0 Å². The highest BCUT2D eigenvalue weighted by Gasteiger charge is 2.18. The smallest absolute Gasteiger partial charge is 0.143 e. The lowest BCUT2D eigenvalue weighted by molar-refractivity contribution is -0.122. The minimum absolute atomic E-state index is 0.171. The number of nitrogens with zero attached hydrogens (tertiary/aromatic N) is 2. The largest absolute Gasteiger partial charge is 0.328 e. The molecule has 1 aromatic heterocycles. The first-order chi connectivity index (χ1) is 9.21. The van der Waals surface area contributed by atoms with Gasteiger partial charge in [-0.3, -0.25) is 4.79 Å². The van der Waals surface area contributed by atoms with Gasteiger partial charge in [0.05, 0.1) is 17.5 Å². The molecule has 0 N–H and O–H groups in total. The first kappa shape index (κ1) is 13.8. The van der Waals surface area contributed by atoms with Crippen molar-refractivity contribution in [2.24, 2.45) is 5.92 Å². The van der Waals surface area contributed by atoms with Crippen molar-refractivity contribution >= 4 is 16.8 Å². The van der Waals surface area contributed by atoms with Gasteiger partial charge in [0.25, 0.3) is 0 Å². The van der Waals surface area contributed by atoms with Gasteiger partial charge in [-0.1, -0.05) is 26.0 Å². The lowest BCUT2D eigenvalue weighted by Gasteiger charge is -2.11. The number of aryl methyl sites for hydroxylation is 1. The van der Waals surface area contributed by atoms with Crippen LogP contribution in [0, 0.1) is 5.92 Å². The van der Waals surface area contributed by atoms with Crippen LogP contribution in [0.1, 0.15) is 39.4 Å². The molecule has 0 aliphatic heterocycles. The van der Waals surface area contributed by atoms with Gasteiger partial charge in [-0.15, -0.1) is 0 Å². The number of ketones is 1. The maximum Gasteiger partial charge on any atom is 0.143 e. The highest BCUT2D eigenvalue weighted by Crippen LogP contribution is 2.18. The summed E-state index contributed by atoms with van der Waals surface area (Å²) in [5, 5.41) is 0. The molecule has 0 bridgehead atoms. The summed E-state index contributed by atoms with van der Waals surface area (Å²) in [7, 11) is 0. The van der Waals surface area contributed by atoms with Crippen molar-refractivity contribution in [3.8, 4) is 0 Å². The molecule has 1 heterocycles. The highest BCUT2D eigenvalue weighted by molar-refractivity contribution is 5.84. The molecule has 3 nitrogen and oxygen atoms in total. The molecule has 0 aliphatic rings. The van der Waals surface area contributed by atoms with Crippen molar-refractivity contribution in [3.63, 3.8) is 0 Å². The average Bonchev–Trinajstić information content (AvgIpc) is 2.77. The molecule has 0 fully saturated rings. The normalized spacial score (nSPS) is 11.4. The third-order valence-corrected chi connectivity index (χ3v) is 3.82. The maximum absolute atomic E-state index is 12.3. The molecule has 102 valence electrons. The second kappa shape index (κ2) is 6.00. The van der Waals surface area contributed by atoms with E-state index < -0.39 is 0 Å². The molecule has 0 unspecified atom stereocenters. The molecule has 0 spiro atoms. The van der Waals surface area contributed by atoms with E-state index in [9.17, 15) is 4.79 Å². The fourth-order valence-corrected chi connectivity index (χ4v) is 2.66. The van der Waals surface area contributed by atoms with E-state index in [0.29, 0.717) is 12.2 Å². The van der Waals surface area contributed by atoms with Crippen LogP contribution in [0.5, 0.6) is 0 Å². The molecular formula is C16H22N2O. The molecule has 0 saturated carbocycles. The van der Waals surface area contributed by atoms with Crippen molar-refractivity contribution in [1.82, 2.24) is 9.55 Å². The number of carbonyl (C=O) groups excluding carboxylic acids is 1. The number of imidazole rings is 1. The Morgan fingerprint density at radius 2 is 1.89 bits per heavy atom. The summed E-state index contributed by atoms with van der Waals surface area (Å²) >= 11 is 0. The Morgan fingerprint density at radius 3 is 2.53 bits per heavy atom. The number of aromatic nitrogens is 2. The molecule has 0 aliphatic carbocycles. The van der Waals surface area contributed by atoms with E-state index in [0.717, 1.165) is 36.2 Å². The Morgan fingerprint density at radius 1 is 1.21 bits per heavy atom. The Kier molecular flexibility index (Phi) is 4.35. The quantitative estimate of drug-likeness (QED) is 0.793. The number of hydrogen-bond acceptors (Lipinski definition) is 2. The number of carbonyl (C=O) groups is 1. The molecule has 3 heteroatoms. The van der Waals surface area contributed by atoms with Crippen LogP contribution in [-0.2, 0) is 17.8 Å². The zero-order valence-electron chi connectivity index (χ0n) is 12.0. The summed E-state index contributed by atoms with van der Waals surface area (Å²) in [6.45, 7) is 7.11. The fraction of sp³-hybridized carbons (Fsp3) is 0.500. The topological polar surface area (TPSA) is 34.9 Å². The number of hydrogen-bond donors (Lipinski definition) is 0. The summed E-state index contributed by atoms with van der Waals surface area (Å²) in [5.41, 5.74) is 2.11. The molecule has 2 aromatic rings. The van der Waals surface area contributed by atoms with Crippen LogP contribution in [0.2, 0.25) is 0 Å². The van der Waals surface area contributed by atoms with Crippen molar-refractivity contribution in [2.75, 3.05) is 0 Å². The van der Waals surface area contributed by atoms with Gasteiger partial charge in [-0.25, -0.2) is 4.98 Å². The van der Waals surface area contributed by atoms with Crippen LogP contribution in [0.4, 0.5) is 0 Å². The zero-order valence-corrected chi connectivity index (χ0v) is 12.0. The predicted octanol–water partition coefficient (Wildman–Crippen LogP) is 3.60. The third kappa shape index (κ3) is 2.70. The Labute approximate surface area is 114 Å². The molecule has 19 heavy (non-hydrogen) atoms. The number of benzene rings is 1. The van der Waals surface area contributed by atoms with Gasteiger partial charge >= 0.3 is 0 Å². The van der Waals surface area contributed by atoms with Crippen LogP contribution < -0.4 is 0 Å². The van der Waals surface area contributed by atoms with E-state index in [1.165, 1.54) is 0 Å². The van der Waals surface area contributed by atoms with Crippen LogP contribution in [-0.4, -0.2) is 15.3 Å². The Balaban J connectivity index is 2.32. The van der Waals surface area contributed by atoms with Gasteiger partial charge in [0.15, 0.2) is 0 Å². The molecule has 1 aromatic carbocycles. The maximum atomic E-state index is 12.3. The van der Waals surface area contributed by atoms with Crippen molar-refractivity contribution in [3.05, 3.63) is 30.1 Å². The Hall–Kier alpha value is -1.64. The average molecular weight is 258 g/mol. The minimum Gasteiger partial charge on any atom is -0.328 e. The first-order valence-corrected chi connectivity index (χ1v) is 7.18. The third-order valence-electron chi connectivity index (χ3n) is 3.82. The second-order valence-electron chi connectivity index (χ2n) is 4.92. The first-order valence-electron chi connectivity index (χ1n) is 7.18. The van der Waals surface area contributed by atoms with Gasteiger partial charge in [-0.05, 0) is 31.9 Å². The van der Waals surface area contributed by atoms with Gasteiger partial charge in [0.2, 0.25) is 0 Å². The molecule has 0 atom stereocenters. The lowest BCUT2D eigenvalue weighted by atomic mass is 9.96. The molecule has 0 amide bonds. The van der Waals surface area contributed by atoms with Crippen LogP contribution in [0.3, 0.4) is 0 Å². The van der Waals surface area contributed by atoms with E-state index >= 15 is 0 Å². The number of Topliss-reactive ketones (excluding diaryl/α,β-unsaturated/α-hetero) is 1. The number of fused-ring (bicyclic) bond motifs is 1. The Bertz CT molecular complexity index is 567. The monoisotopic (exact) mass is 258 g/mol. The zero-order chi connectivity index (χ0) is 13.8. The predicted molar refractivity (Wildman–Crippen MR) is 78.2 cm³/mol. The van der Waals surface area contributed by atoms with E-state index in [2.05, 4.69) is 36.4 Å². The summed E-state index contributed by atoms with van der Waals surface area (Å²) in [6.07, 6.45) is 2.29. The summed E-state index contributed by atoms with van der Waals surface area (Å²) in [5.74, 6) is 1.39. The van der Waals surface area contributed by atoms with Gasteiger partial charge in [-0.2, -0.15) is 0 Å². The minimum atomic E-state index is 0.171. The van der Waals surface area contributed by atoms with Crippen molar-refractivity contribution in [1.29, 1.82) is 0 Å². The lowest BCUT2D eigenvalue weighted by Crippen LogP contribution is -2.18. The van der Waals surface area contributed by atoms with Crippen LogP contribution >= 0.6 is 0 Å². The highest BCUT2D eigenvalue weighted by atomic mass is 16.1. The van der Waals surface area contributed by atoms with Crippen LogP contribution in [0.25, 0.3) is 11.0 Å². The van der Waals surface area contributed by atoms with E-state index in [-0.39, 0.29) is 5.92 Å². The summed E-state index contributed by atoms with van der Waals surface area (Å²) < 4.78 is 2.15.